The van der Waals surface area contributed by atoms with Crippen LogP contribution in [0, 0.1) is 18.7 Å². The molecule has 1 saturated carbocycles. The van der Waals surface area contributed by atoms with E-state index < -0.39 is 11.8 Å². The van der Waals surface area contributed by atoms with Crippen LogP contribution in [0.2, 0.25) is 0 Å². The second-order valence-electron chi connectivity index (χ2n) is 5.24. The first kappa shape index (κ1) is 13.1. The van der Waals surface area contributed by atoms with E-state index in [1.807, 2.05) is 0 Å². The van der Waals surface area contributed by atoms with E-state index in [9.17, 15) is 9.18 Å². The van der Waals surface area contributed by atoms with Crippen molar-refractivity contribution in [1.82, 2.24) is 0 Å². The van der Waals surface area contributed by atoms with Crippen molar-refractivity contribution in [3.63, 3.8) is 0 Å². The van der Waals surface area contributed by atoms with Gasteiger partial charge in [-0.1, -0.05) is 25.5 Å². The summed E-state index contributed by atoms with van der Waals surface area (Å²) < 4.78 is 19.2. The number of halogens is 1. The van der Waals surface area contributed by atoms with Gasteiger partial charge in [0.1, 0.15) is 11.9 Å². The third-order valence-electron chi connectivity index (χ3n) is 3.57. The topological polar surface area (TPSA) is 26.3 Å². The zero-order valence-corrected chi connectivity index (χ0v) is 10.9. The Balaban J connectivity index is 2.05. The van der Waals surface area contributed by atoms with Crippen molar-refractivity contribution in [1.29, 1.82) is 0 Å². The molecule has 0 radical (unpaired) electrons. The lowest BCUT2D eigenvalue weighted by atomic mass is 9.89. The predicted octanol–water partition coefficient (Wildman–Crippen LogP) is 3.87. The molecule has 3 heteroatoms. The van der Waals surface area contributed by atoms with Gasteiger partial charge >= 0.3 is 5.97 Å². The molecule has 18 heavy (non-hydrogen) atoms. The Bertz CT molecular complexity index is 442. The lowest BCUT2D eigenvalue weighted by Gasteiger charge is -2.26. The lowest BCUT2D eigenvalue weighted by Crippen LogP contribution is -2.25. The molecule has 98 valence electrons. The summed E-state index contributed by atoms with van der Waals surface area (Å²) in [6.07, 6.45) is 3.99. The molecule has 1 aliphatic carbocycles. The molecule has 1 aromatic rings. The Labute approximate surface area is 107 Å². The van der Waals surface area contributed by atoms with Crippen LogP contribution in [0.4, 0.5) is 4.39 Å². The Hall–Kier alpha value is -1.38. The van der Waals surface area contributed by atoms with Gasteiger partial charge in [-0.15, -0.1) is 0 Å². The third-order valence-corrected chi connectivity index (χ3v) is 3.57. The molecule has 0 aromatic heterocycles. The Morgan fingerprint density at radius 1 is 1.39 bits per heavy atom. The summed E-state index contributed by atoms with van der Waals surface area (Å²) in [5, 5.41) is 0. The average Bonchev–Trinajstić information content (AvgIpc) is 2.32. The molecule has 2 atom stereocenters. The maximum atomic E-state index is 13.8. The van der Waals surface area contributed by atoms with Gasteiger partial charge in [0.05, 0.1) is 5.56 Å². The first-order valence-electron chi connectivity index (χ1n) is 6.54. The monoisotopic (exact) mass is 250 g/mol. The fraction of sp³-hybridized carbons (Fsp3) is 0.533. The van der Waals surface area contributed by atoms with Gasteiger partial charge in [0.25, 0.3) is 0 Å². The Morgan fingerprint density at radius 2 is 2.17 bits per heavy atom. The van der Waals surface area contributed by atoms with Gasteiger partial charge < -0.3 is 4.74 Å². The van der Waals surface area contributed by atoms with Crippen molar-refractivity contribution in [2.45, 2.75) is 45.6 Å². The predicted molar refractivity (Wildman–Crippen MR) is 68.0 cm³/mol. The maximum absolute atomic E-state index is 13.8. The average molecular weight is 250 g/mol. The smallest absolute Gasteiger partial charge is 0.341 e. The van der Waals surface area contributed by atoms with E-state index in [-0.39, 0.29) is 11.7 Å². The summed E-state index contributed by atoms with van der Waals surface area (Å²) in [7, 11) is 0. The summed E-state index contributed by atoms with van der Waals surface area (Å²) in [5.41, 5.74) is 0.523. The minimum atomic E-state index is -0.532. The van der Waals surface area contributed by atoms with E-state index in [0.29, 0.717) is 11.5 Å². The molecule has 0 heterocycles. The second kappa shape index (κ2) is 5.51. The van der Waals surface area contributed by atoms with Crippen LogP contribution in [0.3, 0.4) is 0 Å². The quantitative estimate of drug-likeness (QED) is 0.745. The number of hydrogen-bond acceptors (Lipinski definition) is 2. The van der Waals surface area contributed by atoms with Crippen LogP contribution in [0.5, 0.6) is 0 Å². The van der Waals surface area contributed by atoms with E-state index in [4.69, 9.17) is 4.74 Å². The minimum Gasteiger partial charge on any atom is -0.459 e. The minimum absolute atomic E-state index is 0.0493. The molecule has 1 aliphatic rings. The number of ether oxygens (including phenoxy) is 1. The van der Waals surface area contributed by atoms with E-state index >= 15 is 0 Å². The molecule has 2 nitrogen and oxygen atoms in total. The summed E-state index contributed by atoms with van der Waals surface area (Å²) in [6, 6.07) is 4.81. The molecule has 0 aliphatic heterocycles. The van der Waals surface area contributed by atoms with Crippen LogP contribution in [0.1, 0.15) is 48.5 Å². The third kappa shape index (κ3) is 2.89. The molecule has 0 amide bonds. The number of benzene rings is 1. The van der Waals surface area contributed by atoms with Crippen molar-refractivity contribution < 1.29 is 13.9 Å². The van der Waals surface area contributed by atoms with Crippen molar-refractivity contribution in [3.05, 3.63) is 35.1 Å². The highest BCUT2D eigenvalue weighted by atomic mass is 19.1. The van der Waals surface area contributed by atoms with Crippen LogP contribution < -0.4 is 0 Å². The fourth-order valence-electron chi connectivity index (χ4n) is 2.51. The first-order chi connectivity index (χ1) is 8.58. The van der Waals surface area contributed by atoms with Crippen molar-refractivity contribution in [3.8, 4) is 0 Å². The molecule has 1 aromatic carbocycles. The highest BCUT2D eigenvalue weighted by Gasteiger charge is 2.24. The molecular weight excluding hydrogens is 231 g/mol. The van der Waals surface area contributed by atoms with Gasteiger partial charge in [0.2, 0.25) is 0 Å². The highest BCUT2D eigenvalue weighted by molar-refractivity contribution is 5.90. The van der Waals surface area contributed by atoms with Crippen molar-refractivity contribution in [2.24, 2.45) is 5.92 Å². The number of rotatable bonds is 2. The Morgan fingerprint density at radius 3 is 2.89 bits per heavy atom. The normalized spacial score (nSPS) is 23.7. The lowest BCUT2D eigenvalue weighted by molar-refractivity contribution is 0.0150. The van der Waals surface area contributed by atoms with Gasteiger partial charge in [-0.05, 0) is 43.7 Å². The molecule has 2 rings (SSSR count). The molecule has 0 saturated heterocycles. The zero-order valence-electron chi connectivity index (χ0n) is 10.9. The van der Waals surface area contributed by atoms with Crippen LogP contribution >= 0.6 is 0 Å². The molecule has 0 N–H and O–H groups in total. The van der Waals surface area contributed by atoms with Crippen molar-refractivity contribution in [2.75, 3.05) is 0 Å². The summed E-state index contributed by atoms with van der Waals surface area (Å²) in [6.45, 7) is 3.81. The largest absolute Gasteiger partial charge is 0.459 e. The number of hydrogen-bond donors (Lipinski definition) is 0. The maximum Gasteiger partial charge on any atom is 0.341 e. The molecule has 0 bridgehead atoms. The van der Waals surface area contributed by atoms with E-state index in [2.05, 4.69) is 6.92 Å². The molecular formula is C15H19FO2. The summed E-state index contributed by atoms with van der Waals surface area (Å²) in [5.74, 6) is -0.416. The van der Waals surface area contributed by atoms with Gasteiger partial charge in [0, 0.05) is 0 Å². The number of aryl methyl sites for hydroxylation is 1. The Kier molecular flexibility index (Phi) is 4.00. The number of carbonyl (C=O) groups is 1. The number of carbonyl (C=O) groups excluding carboxylic acids is 1. The second-order valence-corrected chi connectivity index (χ2v) is 5.24. The van der Waals surface area contributed by atoms with Gasteiger partial charge in [-0.3, -0.25) is 0 Å². The van der Waals surface area contributed by atoms with E-state index in [0.717, 1.165) is 19.3 Å². The van der Waals surface area contributed by atoms with Crippen molar-refractivity contribution >= 4 is 5.97 Å². The fourth-order valence-corrected chi connectivity index (χ4v) is 2.51. The van der Waals surface area contributed by atoms with Crippen LogP contribution in [0.15, 0.2) is 18.2 Å². The zero-order chi connectivity index (χ0) is 13.1. The summed E-state index contributed by atoms with van der Waals surface area (Å²) >= 11 is 0. The SMILES string of the molecule is Cc1cccc(C(=O)OC2CCCC(C)C2)c1F. The van der Waals surface area contributed by atoms with E-state index in [1.54, 1.807) is 19.1 Å². The van der Waals surface area contributed by atoms with Gasteiger partial charge in [0.15, 0.2) is 0 Å². The first-order valence-corrected chi connectivity index (χ1v) is 6.54. The standard InChI is InChI=1S/C15H19FO2/c1-10-5-3-7-12(9-10)18-15(17)13-8-4-6-11(2)14(13)16/h4,6,8,10,12H,3,5,7,9H2,1-2H3. The van der Waals surface area contributed by atoms with Crippen LogP contribution in [-0.4, -0.2) is 12.1 Å². The summed E-state index contributed by atoms with van der Waals surface area (Å²) in [4.78, 5) is 11.9. The molecule has 0 spiro atoms. The van der Waals surface area contributed by atoms with Crippen LogP contribution in [0.25, 0.3) is 0 Å². The number of esters is 1. The van der Waals surface area contributed by atoms with Gasteiger partial charge in [-0.25, -0.2) is 9.18 Å². The molecule has 2 unspecified atom stereocenters. The van der Waals surface area contributed by atoms with E-state index in [1.165, 1.54) is 12.5 Å². The van der Waals surface area contributed by atoms with Crippen LogP contribution in [-0.2, 0) is 4.74 Å². The highest BCUT2D eigenvalue weighted by Crippen LogP contribution is 2.26. The van der Waals surface area contributed by atoms with Gasteiger partial charge in [-0.2, -0.15) is 0 Å². The molecule has 1 fully saturated rings.